The SMILES string of the molecule is CC(C)c1ccc(Cc2nc3nc(N)[nH]c(=O)c3[nH]2)cc1. The number of nitrogen functional groups attached to an aromatic ring is 1. The number of nitrogens with zero attached hydrogens (tertiary/aromatic N) is 2. The van der Waals surface area contributed by atoms with Gasteiger partial charge in [0, 0.05) is 6.42 Å². The molecule has 3 rings (SSSR count). The molecule has 0 fully saturated rings. The van der Waals surface area contributed by atoms with Crippen molar-refractivity contribution in [2.24, 2.45) is 0 Å². The van der Waals surface area contributed by atoms with E-state index in [0.29, 0.717) is 29.3 Å². The number of nitrogens with one attached hydrogen (secondary N) is 2. The second-order valence-electron chi connectivity index (χ2n) is 5.41. The van der Waals surface area contributed by atoms with Gasteiger partial charge in [0.25, 0.3) is 5.56 Å². The Kier molecular flexibility index (Phi) is 3.21. The number of benzene rings is 1. The van der Waals surface area contributed by atoms with Crippen molar-refractivity contribution in [2.45, 2.75) is 26.2 Å². The quantitative estimate of drug-likeness (QED) is 0.683. The van der Waals surface area contributed by atoms with Gasteiger partial charge in [0.15, 0.2) is 11.2 Å². The molecule has 0 spiro atoms. The Morgan fingerprint density at radius 1 is 1.14 bits per heavy atom. The summed E-state index contributed by atoms with van der Waals surface area (Å²) in [6.07, 6.45) is 0.619. The highest BCUT2D eigenvalue weighted by atomic mass is 16.1. The topological polar surface area (TPSA) is 100 Å². The van der Waals surface area contributed by atoms with E-state index in [-0.39, 0.29) is 11.5 Å². The molecule has 0 unspecified atom stereocenters. The smallest absolute Gasteiger partial charge is 0.278 e. The number of hydrogen-bond donors (Lipinski definition) is 3. The maximum atomic E-state index is 11.7. The lowest BCUT2D eigenvalue weighted by Crippen LogP contribution is -2.10. The van der Waals surface area contributed by atoms with Crippen molar-refractivity contribution in [2.75, 3.05) is 5.73 Å². The molecule has 0 amide bonds. The molecular formula is C15H17N5O. The number of hydrogen-bond acceptors (Lipinski definition) is 4. The molecule has 6 heteroatoms. The lowest BCUT2D eigenvalue weighted by Gasteiger charge is -2.05. The first-order valence-corrected chi connectivity index (χ1v) is 6.86. The van der Waals surface area contributed by atoms with Gasteiger partial charge in [0.2, 0.25) is 5.95 Å². The second-order valence-corrected chi connectivity index (χ2v) is 5.41. The van der Waals surface area contributed by atoms with Gasteiger partial charge >= 0.3 is 0 Å². The first kappa shape index (κ1) is 13.4. The molecule has 0 atom stereocenters. The minimum Gasteiger partial charge on any atom is -0.369 e. The van der Waals surface area contributed by atoms with Gasteiger partial charge in [-0.2, -0.15) is 4.98 Å². The summed E-state index contributed by atoms with van der Waals surface area (Å²) in [5.74, 6) is 1.29. The highest BCUT2D eigenvalue weighted by Crippen LogP contribution is 2.16. The van der Waals surface area contributed by atoms with Gasteiger partial charge < -0.3 is 10.7 Å². The molecule has 108 valence electrons. The molecule has 0 aliphatic heterocycles. The van der Waals surface area contributed by atoms with E-state index in [1.54, 1.807) is 0 Å². The summed E-state index contributed by atoms with van der Waals surface area (Å²) in [4.78, 5) is 25.5. The largest absolute Gasteiger partial charge is 0.369 e. The Morgan fingerprint density at radius 3 is 2.52 bits per heavy atom. The number of fused-ring (bicyclic) bond motifs is 1. The number of anilines is 1. The van der Waals surface area contributed by atoms with Crippen molar-refractivity contribution >= 4 is 17.1 Å². The molecule has 3 aromatic rings. The van der Waals surface area contributed by atoms with Crippen LogP contribution in [0.2, 0.25) is 0 Å². The molecule has 1 aromatic carbocycles. The van der Waals surface area contributed by atoms with Gasteiger partial charge in [-0.15, -0.1) is 0 Å². The number of aromatic amines is 2. The zero-order valence-electron chi connectivity index (χ0n) is 12.0. The van der Waals surface area contributed by atoms with Crippen LogP contribution < -0.4 is 11.3 Å². The van der Waals surface area contributed by atoms with Crippen LogP contribution in [0.15, 0.2) is 29.1 Å². The minimum absolute atomic E-state index is 0.0758. The van der Waals surface area contributed by atoms with E-state index in [0.717, 1.165) is 5.56 Å². The van der Waals surface area contributed by atoms with Gasteiger partial charge in [-0.05, 0) is 17.0 Å². The van der Waals surface area contributed by atoms with Crippen molar-refractivity contribution < 1.29 is 0 Å². The van der Waals surface area contributed by atoms with Crippen LogP contribution in [0.4, 0.5) is 5.95 Å². The van der Waals surface area contributed by atoms with E-state index >= 15 is 0 Å². The molecule has 0 saturated carbocycles. The molecular weight excluding hydrogens is 266 g/mol. The molecule has 21 heavy (non-hydrogen) atoms. The van der Waals surface area contributed by atoms with Crippen molar-refractivity contribution in [3.8, 4) is 0 Å². The number of H-pyrrole nitrogens is 2. The normalized spacial score (nSPS) is 11.4. The van der Waals surface area contributed by atoms with Gasteiger partial charge in [0.1, 0.15) is 5.82 Å². The summed E-state index contributed by atoms with van der Waals surface area (Å²) in [5, 5.41) is 0. The minimum atomic E-state index is -0.300. The summed E-state index contributed by atoms with van der Waals surface area (Å²) in [7, 11) is 0. The molecule has 0 bridgehead atoms. The molecule has 0 aliphatic rings. The summed E-state index contributed by atoms with van der Waals surface area (Å²) in [5.41, 5.74) is 8.35. The van der Waals surface area contributed by atoms with Crippen molar-refractivity contribution in [3.63, 3.8) is 0 Å². The fourth-order valence-corrected chi connectivity index (χ4v) is 2.27. The highest BCUT2D eigenvalue weighted by Gasteiger charge is 2.09. The van der Waals surface area contributed by atoms with E-state index in [2.05, 4.69) is 58.0 Å². The van der Waals surface area contributed by atoms with Gasteiger partial charge in [-0.25, -0.2) is 4.98 Å². The lowest BCUT2D eigenvalue weighted by molar-refractivity contribution is 0.865. The number of nitrogens with two attached hydrogens (primary N) is 1. The Hall–Kier alpha value is -2.63. The fraction of sp³-hybridized carbons (Fsp3) is 0.267. The molecule has 4 N–H and O–H groups in total. The van der Waals surface area contributed by atoms with Crippen LogP contribution in [0.1, 0.15) is 36.7 Å². The molecule has 6 nitrogen and oxygen atoms in total. The number of aromatic nitrogens is 4. The van der Waals surface area contributed by atoms with Crippen LogP contribution >= 0.6 is 0 Å². The van der Waals surface area contributed by atoms with E-state index in [1.807, 2.05) is 0 Å². The Labute approximate surface area is 121 Å². The van der Waals surface area contributed by atoms with Crippen LogP contribution in [0.5, 0.6) is 0 Å². The predicted molar refractivity (Wildman–Crippen MR) is 82.3 cm³/mol. The second kappa shape index (κ2) is 5.05. The third kappa shape index (κ3) is 2.65. The summed E-state index contributed by atoms with van der Waals surface area (Å²) in [6.45, 7) is 4.33. The molecule has 0 saturated heterocycles. The molecule has 0 aliphatic carbocycles. The first-order valence-electron chi connectivity index (χ1n) is 6.86. The Morgan fingerprint density at radius 2 is 1.86 bits per heavy atom. The number of rotatable bonds is 3. The van der Waals surface area contributed by atoms with Gasteiger partial charge in [0.05, 0.1) is 0 Å². The van der Waals surface area contributed by atoms with Crippen LogP contribution in [0, 0.1) is 0 Å². The van der Waals surface area contributed by atoms with E-state index in [4.69, 9.17) is 5.73 Å². The van der Waals surface area contributed by atoms with Crippen molar-refractivity contribution in [1.29, 1.82) is 0 Å². The van der Waals surface area contributed by atoms with Gasteiger partial charge in [-0.3, -0.25) is 9.78 Å². The fourth-order valence-electron chi connectivity index (χ4n) is 2.27. The number of imidazole rings is 1. The van der Waals surface area contributed by atoms with Gasteiger partial charge in [-0.1, -0.05) is 38.1 Å². The highest BCUT2D eigenvalue weighted by molar-refractivity contribution is 5.70. The molecule has 2 aromatic heterocycles. The maximum absolute atomic E-state index is 11.7. The zero-order valence-corrected chi connectivity index (χ0v) is 12.0. The first-order chi connectivity index (χ1) is 10.0. The summed E-state index contributed by atoms with van der Waals surface area (Å²) >= 11 is 0. The monoisotopic (exact) mass is 283 g/mol. The van der Waals surface area contributed by atoms with Crippen LogP contribution in [-0.2, 0) is 6.42 Å². The van der Waals surface area contributed by atoms with Crippen molar-refractivity contribution in [1.82, 2.24) is 19.9 Å². The van der Waals surface area contributed by atoms with Crippen molar-refractivity contribution in [3.05, 3.63) is 51.6 Å². The third-order valence-electron chi connectivity index (χ3n) is 3.45. The Balaban J connectivity index is 1.91. The average Bonchev–Trinajstić information content (AvgIpc) is 2.82. The van der Waals surface area contributed by atoms with E-state index < -0.39 is 0 Å². The maximum Gasteiger partial charge on any atom is 0.278 e. The van der Waals surface area contributed by atoms with E-state index in [1.165, 1.54) is 5.56 Å². The van der Waals surface area contributed by atoms with Crippen LogP contribution in [0.3, 0.4) is 0 Å². The Bertz CT molecular complexity index is 829. The summed E-state index contributed by atoms with van der Waals surface area (Å²) in [6, 6.07) is 8.39. The zero-order chi connectivity index (χ0) is 15.0. The molecule has 0 radical (unpaired) electrons. The summed E-state index contributed by atoms with van der Waals surface area (Å²) < 4.78 is 0. The lowest BCUT2D eigenvalue weighted by atomic mass is 10.0. The average molecular weight is 283 g/mol. The van der Waals surface area contributed by atoms with Crippen LogP contribution in [0.25, 0.3) is 11.2 Å². The van der Waals surface area contributed by atoms with Crippen LogP contribution in [-0.4, -0.2) is 19.9 Å². The standard InChI is InChI=1S/C15H17N5O/c1-8(2)10-5-3-9(4-6-10)7-11-17-12-13(18-11)19-15(16)20-14(12)21/h3-6,8H,7H2,1-2H3,(H4,16,17,18,19,20,21). The third-order valence-corrected chi connectivity index (χ3v) is 3.45. The van der Waals surface area contributed by atoms with E-state index in [9.17, 15) is 4.79 Å². The molecule has 2 heterocycles. The predicted octanol–water partition coefficient (Wildman–Crippen LogP) is 1.94.